The first-order valence-corrected chi connectivity index (χ1v) is 25.1. The fraction of sp³-hybridized carbons (Fsp3) is 0.725. The van der Waals surface area contributed by atoms with Crippen LogP contribution < -0.4 is 21.3 Å². The average molecular weight is 1040 g/mol. The van der Waals surface area contributed by atoms with Gasteiger partial charge in [0.15, 0.2) is 0 Å². The Morgan fingerprint density at radius 3 is 0.904 bits per heavy atom. The molecule has 0 bridgehead atoms. The van der Waals surface area contributed by atoms with Crippen LogP contribution in [0.5, 0.6) is 0 Å². The molecule has 0 aliphatic carbocycles. The smallest absolute Gasteiger partial charge is 0.253 e. The van der Waals surface area contributed by atoms with Crippen LogP contribution in [0.2, 0.25) is 0 Å². The van der Waals surface area contributed by atoms with Gasteiger partial charge in [0, 0.05) is 129 Å². The van der Waals surface area contributed by atoms with E-state index in [0.717, 1.165) is 44.2 Å². The van der Waals surface area contributed by atoms with Crippen molar-refractivity contribution in [3.63, 3.8) is 0 Å². The van der Waals surface area contributed by atoms with Crippen molar-refractivity contribution in [3.05, 3.63) is 48.6 Å². The summed E-state index contributed by atoms with van der Waals surface area (Å²) >= 11 is 0. The Bertz CT molecular complexity index is 1530. The number of hydrogen-bond acceptors (Lipinski definition) is 17. The van der Waals surface area contributed by atoms with Gasteiger partial charge < -0.3 is 59.2 Å². The molecule has 0 spiro atoms. The molecular weight excluding hydrogens is 949 g/mol. The molecule has 6 amide bonds. The first kappa shape index (κ1) is 64.7. The molecule has 4 rings (SSSR count). The van der Waals surface area contributed by atoms with E-state index in [0.29, 0.717) is 98.2 Å². The third-order valence-electron chi connectivity index (χ3n) is 11.5. The van der Waals surface area contributed by atoms with Crippen LogP contribution in [0.15, 0.2) is 48.6 Å². The van der Waals surface area contributed by atoms with Crippen LogP contribution in [0.25, 0.3) is 0 Å². The minimum absolute atomic E-state index is 0. The number of hydrogen-bond donors (Lipinski definition) is 4. The Hall–Kier alpha value is -4.46. The molecule has 416 valence electrons. The lowest BCUT2D eigenvalue weighted by atomic mass is 9.92. The second kappa shape index (κ2) is 40.9. The molecule has 0 radical (unpaired) electrons. The number of nitrogens with one attached hydrogen (secondary N) is 4. The highest BCUT2D eigenvalue weighted by Gasteiger charge is 2.33. The van der Waals surface area contributed by atoms with Crippen molar-refractivity contribution in [2.24, 2.45) is 5.41 Å². The molecule has 4 aliphatic heterocycles. The number of carbonyl (C=O) groups excluding carboxylic acids is 6. The third-order valence-corrected chi connectivity index (χ3v) is 11.5. The highest BCUT2D eigenvalue weighted by molar-refractivity contribution is 6.13. The van der Waals surface area contributed by atoms with Crippen LogP contribution in [-0.4, -0.2) is 252 Å². The molecule has 73 heavy (non-hydrogen) atoms. The summed E-state index contributed by atoms with van der Waals surface area (Å²) in [6.45, 7) is 12.9. The SMILES string of the molecule is C.C.O=C(CCN1CC=CC1)NCCOCCOCC(COCCOCCNC(=O)CCN1CC=CC1)(COCCOCCNC(=O)CCN1CC=CC1)COCCOCCNC(=O)CCN1C(=O)C=CC1=O. The lowest BCUT2D eigenvalue weighted by molar-refractivity contribution is -0.137. The van der Waals surface area contributed by atoms with Crippen LogP contribution in [0.4, 0.5) is 0 Å². The maximum atomic E-state index is 12.3. The predicted molar refractivity (Wildman–Crippen MR) is 276 cm³/mol. The molecule has 0 aromatic rings. The van der Waals surface area contributed by atoms with Gasteiger partial charge in [-0.05, 0) is 0 Å². The standard InChI is InChI=1S/C49H80N8O14.2CH4/c58-43(9-23-54-17-1-2-18-54)50-13-27-64-31-35-68-39-49(40-69-36-32-65-28-14-51-44(59)10-24-55-19-3-4-20-55,41-70-37-33-66-29-15-52-45(60)11-25-56-21-5-6-22-56)42-71-38-34-67-30-16-53-46(61)12-26-57-47(62)7-8-48(57)63;;/h1-8H,9-42H2,(H,50,58)(H,51,59)(H,52,60)(H,53,61);2*1H4. The van der Waals surface area contributed by atoms with Crippen LogP contribution in [0.1, 0.15) is 40.5 Å². The van der Waals surface area contributed by atoms with Gasteiger partial charge in [-0.3, -0.25) is 48.4 Å². The van der Waals surface area contributed by atoms with E-state index < -0.39 is 17.2 Å². The number of carbonyl (C=O) groups is 6. The Kier molecular flexibility index (Phi) is 36.2. The van der Waals surface area contributed by atoms with Crippen molar-refractivity contribution < 1.29 is 66.7 Å². The largest absolute Gasteiger partial charge is 0.378 e. The zero-order chi connectivity index (χ0) is 50.5. The Balaban J connectivity index is 0.00000913. The van der Waals surface area contributed by atoms with Crippen LogP contribution in [0, 0.1) is 5.41 Å². The highest BCUT2D eigenvalue weighted by Crippen LogP contribution is 2.21. The summed E-state index contributed by atoms with van der Waals surface area (Å²) in [5, 5.41) is 11.4. The molecule has 0 aromatic heterocycles. The molecule has 0 saturated carbocycles. The van der Waals surface area contributed by atoms with E-state index in [9.17, 15) is 28.8 Å². The summed E-state index contributed by atoms with van der Waals surface area (Å²) in [5.74, 6) is -1.22. The number of imide groups is 1. The van der Waals surface area contributed by atoms with E-state index in [1.807, 2.05) is 0 Å². The van der Waals surface area contributed by atoms with Crippen molar-refractivity contribution in [1.29, 1.82) is 0 Å². The fourth-order valence-electron chi connectivity index (χ4n) is 7.45. The number of rotatable bonds is 44. The van der Waals surface area contributed by atoms with Gasteiger partial charge in [0.05, 0.1) is 111 Å². The van der Waals surface area contributed by atoms with Gasteiger partial charge in [0.2, 0.25) is 23.6 Å². The lowest BCUT2D eigenvalue weighted by Crippen LogP contribution is -2.43. The van der Waals surface area contributed by atoms with Gasteiger partial charge in [0.25, 0.3) is 11.8 Å². The quantitative estimate of drug-likeness (QED) is 0.0356. The first-order chi connectivity index (χ1) is 34.7. The minimum Gasteiger partial charge on any atom is -0.378 e. The predicted octanol–water partition coefficient (Wildman–Crippen LogP) is -0.0566. The molecule has 4 N–H and O–H groups in total. The van der Waals surface area contributed by atoms with E-state index in [1.54, 1.807) is 0 Å². The van der Waals surface area contributed by atoms with Gasteiger partial charge in [0.1, 0.15) is 0 Å². The van der Waals surface area contributed by atoms with Crippen molar-refractivity contribution in [2.45, 2.75) is 40.5 Å². The Labute approximate surface area is 433 Å². The van der Waals surface area contributed by atoms with E-state index in [-0.39, 0.29) is 124 Å². The third kappa shape index (κ3) is 30.5. The van der Waals surface area contributed by atoms with Gasteiger partial charge in [-0.1, -0.05) is 51.3 Å². The van der Waals surface area contributed by atoms with Crippen LogP contribution in [-0.2, 0) is 66.7 Å². The van der Waals surface area contributed by atoms with E-state index in [4.69, 9.17) is 37.9 Å². The molecule has 0 unspecified atom stereocenters. The summed E-state index contributed by atoms with van der Waals surface area (Å²) in [6, 6.07) is 0. The number of amides is 6. The molecule has 0 saturated heterocycles. The van der Waals surface area contributed by atoms with E-state index >= 15 is 0 Å². The molecule has 4 heterocycles. The second-order valence-electron chi connectivity index (χ2n) is 17.4. The zero-order valence-electron chi connectivity index (χ0n) is 41.7. The van der Waals surface area contributed by atoms with Gasteiger partial charge in [-0.2, -0.15) is 0 Å². The van der Waals surface area contributed by atoms with Gasteiger partial charge in [-0.15, -0.1) is 0 Å². The number of ether oxygens (including phenoxy) is 8. The number of nitrogens with zero attached hydrogens (tertiary/aromatic N) is 4. The molecule has 4 aliphatic rings. The van der Waals surface area contributed by atoms with E-state index in [1.165, 1.54) is 12.2 Å². The molecule has 0 atom stereocenters. The van der Waals surface area contributed by atoms with Crippen molar-refractivity contribution >= 4 is 35.4 Å². The van der Waals surface area contributed by atoms with Crippen LogP contribution >= 0.6 is 0 Å². The maximum Gasteiger partial charge on any atom is 0.253 e. The van der Waals surface area contributed by atoms with Gasteiger partial charge >= 0.3 is 0 Å². The minimum atomic E-state index is -0.780. The van der Waals surface area contributed by atoms with Gasteiger partial charge in [-0.25, -0.2) is 0 Å². The topological polar surface area (TPSA) is 237 Å². The van der Waals surface area contributed by atoms with Crippen LogP contribution in [0.3, 0.4) is 0 Å². The second-order valence-corrected chi connectivity index (χ2v) is 17.4. The fourth-order valence-corrected chi connectivity index (χ4v) is 7.45. The summed E-state index contributed by atoms with van der Waals surface area (Å²) in [5.41, 5.74) is -0.780. The molecule has 22 heteroatoms. The van der Waals surface area contributed by atoms with Crippen molar-refractivity contribution in [3.8, 4) is 0 Å². The molecule has 22 nitrogen and oxygen atoms in total. The Morgan fingerprint density at radius 1 is 0.384 bits per heavy atom. The van der Waals surface area contributed by atoms with E-state index in [2.05, 4.69) is 72.4 Å². The maximum absolute atomic E-state index is 12.3. The summed E-state index contributed by atoms with van der Waals surface area (Å²) in [7, 11) is 0. The first-order valence-electron chi connectivity index (χ1n) is 25.1. The summed E-state index contributed by atoms with van der Waals surface area (Å²) in [4.78, 5) is 80.1. The molecular formula is C51H88N8O14. The summed E-state index contributed by atoms with van der Waals surface area (Å²) in [6.07, 6.45) is 16.2. The zero-order valence-corrected chi connectivity index (χ0v) is 41.7. The lowest BCUT2D eigenvalue weighted by Gasteiger charge is -2.33. The highest BCUT2D eigenvalue weighted by atomic mass is 16.6. The average Bonchev–Trinajstić information content (AvgIpc) is 4.23. The molecule has 0 aromatic carbocycles. The van der Waals surface area contributed by atoms with Crippen molar-refractivity contribution in [2.75, 3.05) is 197 Å². The normalized spacial score (nSPS) is 15.6. The monoisotopic (exact) mass is 1040 g/mol. The van der Waals surface area contributed by atoms with Crippen molar-refractivity contribution in [1.82, 2.24) is 40.9 Å². The Morgan fingerprint density at radius 2 is 0.630 bits per heavy atom. The molecule has 0 fully saturated rings. The summed E-state index contributed by atoms with van der Waals surface area (Å²) < 4.78 is 47.6.